The zero-order chi connectivity index (χ0) is 24.9. The molecule has 2 N–H and O–H groups in total. The quantitative estimate of drug-likeness (QED) is 0.481. The van der Waals surface area contributed by atoms with Crippen molar-refractivity contribution in [2.75, 3.05) is 19.5 Å². The molecule has 2 heterocycles. The summed E-state index contributed by atoms with van der Waals surface area (Å²) in [6, 6.07) is 5.93. The van der Waals surface area contributed by atoms with E-state index >= 15 is 0 Å². The average molecular weight is 498 g/mol. The van der Waals surface area contributed by atoms with Gasteiger partial charge >= 0.3 is 0 Å². The van der Waals surface area contributed by atoms with Crippen molar-refractivity contribution in [1.29, 1.82) is 0 Å². The SMILES string of the molecule is CNC(=O)Cc1ccc(C(=O)Nc2nnc(C#CC3CC3)s2)c(-c2cc(C(F)F)ncc2OC)c1. The number of methoxy groups -OCH3 is 1. The summed E-state index contributed by atoms with van der Waals surface area (Å²) in [5, 5.41) is 13.9. The lowest BCUT2D eigenvalue weighted by Crippen LogP contribution is -2.20. The summed E-state index contributed by atoms with van der Waals surface area (Å²) in [4.78, 5) is 28.8. The highest BCUT2D eigenvalue weighted by molar-refractivity contribution is 7.15. The Labute approximate surface area is 204 Å². The Morgan fingerprint density at radius 2 is 2.03 bits per heavy atom. The fourth-order valence-corrected chi connectivity index (χ4v) is 3.83. The van der Waals surface area contributed by atoms with Gasteiger partial charge < -0.3 is 10.1 Å². The number of anilines is 1. The van der Waals surface area contributed by atoms with Crippen LogP contribution in [0.5, 0.6) is 5.75 Å². The normalized spacial score (nSPS) is 12.6. The van der Waals surface area contributed by atoms with E-state index in [1.165, 1.54) is 32.5 Å². The number of likely N-dealkylation sites (N-methyl/N-ethyl adjacent to an activating group) is 1. The van der Waals surface area contributed by atoms with Crippen LogP contribution < -0.4 is 15.4 Å². The number of ether oxygens (including phenoxy) is 1. The molecule has 8 nitrogen and oxygen atoms in total. The molecule has 1 aliphatic carbocycles. The summed E-state index contributed by atoms with van der Waals surface area (Å²) in [6.45, 7) is 0. The van der Waals surface area contributed by atoms with Crippen LogP contribution in [-0.4, -0.2) is 41.2 Å². The third kappa shape index (κ3) is 5.96. The molecular formula is C24H21F2N5O3S. The number of aromatic nitrogens is 3. The Bertz CT molecular complexity index is 1330. The highest BCUT2D eigenvalue weighted by Gasteiger charge is 2.22. The van der Waals surface area contributed by atoms with Crippen LogP contribution in [0.1, 0.15) is 45.9 Å². The van der Waals surface area contributed by atoms with Gasteiger partial charge in [0, 0.05) is 24.1 Å². The molecule has 0 saturated heterocycles. The summed E-state index contributed by atoms with van der Waals surface area (Å²) in [7, 11) is 2.89. The van der Waals surface area contributed by atoms with Gasteiger partial charge in [0.2, 0.25) is 11.0 Å². The van der Waals surface area contributed by atoms with Gasteiger partial charge in [0.15, 0.2) is 5.01 Å². The standard InChI is InChI=1S/C24H21F2N5O3S/c1-27-20(32)10-14-5-7-15(16(9-14)17-11-18(22(25)26)28-12-19(17)34-2)23(33)29-24-31-30-21(35-24)8-6-13-3-4-13/h5,7,9,11-13,22H,3-4,10H2,1-2H3,(H,27,32)(H,29,31,33). The van der Waals surface area contributed by atoms with Crippen LogP contribution in [0, 0.1) is 17.8 Å². The molecule has 180 valence electrons. The Balaban J connectivity index is 1.71. The second-order valence-electron chi connectivity index (χ2n) is 7.75. The van der Waals surface area contributed by atoms with Crippen molar-refractivity contribution in [2.45, 2.75) is 25.7 Å². The summed E-state index contributed by atoms with van der Waals surface area (Å²) in [5.74, 6) is 5.88. The number of alkyl halides is 2. The van der Waals surface area contributed by atoms with Crippen molar-refractivity contribution >= 4 is 28.3 Å². The number of amides is 2. The Morgan fingerprint density at radius 1 is 1.23 bits per heavy atom. The fourth-order valence-electron chi connectivity index (χ4n) is 3.23. The monoisotopic (exact) mass is 497 g/mol. The van der Waals surface area contributed by atoms with Crippen LogP contribution in [0.2, 0.25) is 0 Å². The van der Waals surface area contributed by atoms with Gasteiger partial charge in [-0.2, -0.15) is 0 Å². The lowest BCUT2D eigenvalue weighted by molar-refractivity contribution is -0.119. The smallest absolute Gasteiger partial charge is 0.280 e. The van der Waals surface area contributed by atoms with Crippen molar-refractivity contribution in [3.8, 4) is 28.7 Å². The maximum atomic E-state index is 13.4. The van der Waals surface area contributed by atoms with Crippen LogP contribution in [-0.2, 0) is 11.2 Å². The first-order valence-electron chi connectivity index (χ1n) is 10.7. The first-order valence-corrected chi connectivity index (χ1v) is 11.5. The van der Waals surface area contributed by atoms with Crippen molar-refractivity contribution in [1.82, 2.24) is 20.5 Å². The van der Waals surface area contributed by atoms with Gasteiger partial charge in [0.25, 0.3) is 12.3 Å². The predicted octanol–water partition coefficient (Wildman–Crippen LogP) is 3.85. The minimum Gasteiger partial charge on any atom is -0.494 e. The molecule has 0 spiro atoms. The number of carbonyl (C=O) groups is 2. The van der Waals surface area contributed by atoms with Gasteiger partial charge in [0.05, 0.1) is 19.7 Å². The van der Waals surface area contributed by atoms with Crippen molar-refractivity contribution < 1.29 is 23.1 Å². The molecule has 1 saturated carbocycles. The molecule has 0 radical (unpaired) electrons. The molecule has 11 heteroatoms. The number of rotatable bonds is 7. The molecule has 1 aromatic carbocycles. The molecule has 2 aromatic heterocycles. The second-order valence-corrected chi connectivity index (χ2v) is 8.73. The number of halogens is 2. The third-order valence-corrected chi connectivity index (χ3v) is 5.95. The molecule has 0 bridgehead atoms. The van der Waals surface area contributed by atoms with Gasteiger partial charge in [-0.1, -0.05) is 23.3 Å². The maximum Gasteiger partial charge on any atom is 0.280 e. The molecule has 3 aromatic rings. The topological polar surface area (TPSA) is 106 Å². The van der Waals surface area contributed by atoms with Gasteiger partial charge in [-0.3, -0.25) is 19.9 Å². The lowest BCUT2D eigenvalue weighted by atomic mass is 9.95. The third-order valence-electron chi connectivity index (χ3n) is 5.20. The van der Waals surface area contributed by atoms with Crippen molar-refractivity contribution in [3.05, 3.63) is 52.3 Å². The minimum atomic E-state index is -2.82. The van der Waals surface area contributed by atoms with E-state index in [0.29, 0.717) is 22.1 Å². The molecule has 35 heavy (non-hydrogen) atoms. The highest BCUT2D eigenvalue weighted by atomic mass is 32.1. The number of nitrogens with zero attached hydrogens (tertiary/aromatic N) is 3. The Morgan fingerprint density at radius 3 is 2.71 bits per heavy atom. The van der Waals surface area contributed by atoms with E-state index in [1.807, 2.05) is 0 Å². The molecular weight excluding hydrogens is 476 g/mol. The summed E-state index contributed by atoms with van der Waals surface area (Å²) in [5.41, 5.74) is 0.850. The molecule has 2 amide bonds. The molecule has 4 rings (SSSR count). The van der Waals surface area contributed by atoms with E-state index in [2.05, 4.69) is 37.7 Å². The maximum absolute atomic E-state index is 13.4. The number of hydrogen-bond acceptors (Lipinski definition) is 7. The molecule has 1 fully saturated rings. The second kappa shape index (κ2) is 10.6. The average Bonchev–Trinajstić information content (AvgIpc) is 3.59. The van der Waals surface area contributed by atoms with Crippen LogP contribution in [0.3, 0.4) is 0 Å². The summed E-state index contributed by atoms with van der Waals surface area (Å²) in [6.07, 6.45) is 0.571. The molecule has 0 unspecified atom stereocenters. The van der Waals surface area contributed by atoms with E-state index < -0.39 is 18.0 Å². The van der Waals surface area contributed by atoms with Crippen molar-refractivity contribution in [2.24, 2.45) is 5.92 Å². The van der Waals surface area contributed by atoms with Gasteiger partial charge in [-0.15, -0.1) is 10.2 Å². The van der Waals surface area contributed by atoms with E-state index in [9.17, 15) is 18.4 Å². The number of nitrogens with one attached hydrogen (secondary N) is 2. The molecule has 0 atom stereocenters. The van der Waals surface area contributed by atoms with Crippen LogP contribution >= 0.6 is 11.3 Å². The summed E-state index contributed by atoms with van der Waals surface area (Å²) < 4.78 is 32.1. The Kier molecular flexibility index (Phi) is 7.31. The van der Waals surface area contributed by atoms with Gasteiger partial charge in [-0.25, -0.2) is 8.78 Å². The van der Waals surface area contributed by atoms with E-state index in [-0.39, 0.29) is 34.3 Å². The van der Waals surface area contributed by atoms with Crippen LogP contribution in [0.25, 0.3) is 11.1 Å². The number of pyridine rings is 1. The molecule has 1 aliphatic rings. The van der Waals surface area contributed by atoms with Gasteiger partial charge in [0.1, 0.15) is 11.4 Å². The zero-order valence-corrected chi connectivity index (χ0v) is 19.7. The van der Waals surface area contributed by atoms with E-state index in [0.717, 1.165) is 24.2 Å². The highest BCUT2D eigenvalue weighted by Crippen LogP contribution is 2.35. The zero-order valence-electron chi connectivity index (χ0n) is 18.9. The van der Waals surface area contributed by atoms with E-state index in [4.69, 9.17) is 4.74 Å². The van der Waals surface area contributed by atoms with Crippen molar-refractivity contribution in [3.63, 3.8) is 0 Å². The molecule has 0 aliphatic heterocycles. The fraction of sp³-hybridized carbons (Fsp3) is 0.292. The Hall–Kier alpha value is -3.91. The van der Waals surface area contributed by atoms with Crippen LogP contribution in [0.4, 0.5) is 13.9 Å². The van der Waals surface area contributed by atoms with Crippen LogP contribution in [0.15, 0.2) is 30.5 Å². The summed E-state index contributed by atoms with van der Waals surface area (Å²) >= 11 is 1.14. The van der Waals surface area contributed by atoms with Gasteiger partial charge in [-0.05, 0) is 48.1 Å². The number of carbonyl (C=O) groups excluding carboxylic acids is 2. The number of benzene rings is 1. The first kappa shape index (κ1) is 24.2. The predicted molar refractivity (Wildman–Crippen MR) is 126 cm³/mol. The number of hydrogen-bond donors (Lipinski definition) is 2. The lowest BCUT2D eigenvalue weighted by Gasteiger charge is -2.15. The van der Waals surface area contributed by atoms with E-state index in [1.54, 1.807) is 12.1 Å². The first-order chi connectivity index (χ1) is 16.9. The minimum absolute atomic E-state index is 0.0416. The largest absolute Gasteiger partial charge is 0.494 e.